The standard InChI is InChI=1S/C12H12N4O7S/c17-12-15-6-7(16(12)23-24(18,19)20)3-4-8(15)10-13-14-11(22-10)9-2-1-5-21-9/h1-2,5,7-8H,3-4,6H2,(H,18,19,20)/t7-,8+/m0/s1. The smallest absolute Gasteiger partial charge is 0.418 e. The Morgan fingerprint density at radius 2 is 2.17 bits per heavy atom. The van der Waals surface area contributed by atoms with E-state index in [0.29, 0.717) is 23.7 Å². The lowest BCUT2D eigenvalue weighted by Gasteiger charge is -2.27. The van der Waals surface area contributed by atoms with Crippen LogP contribution in [0.25, 0.3) is 11.7 Å². The molecule has 11 nitrogen and oxygen atoms in total. The maximum atomic E-state index is 12.3. The molecule has 128 valence electrons. The quantitative estimate of drug-likeness (QED) is 0.795. The van der Waals surface area contributed by atoms with Gasteiger partial charge in [0.25, 0.3) is 5.89 Å². The highest BCUT2D eigenvalue weighted by molar-refractivity contribution is 7.80. The second kappa shape index (κ2) is 5.29. The van der Waals surface area contributed by atoms with Crippen molar-refractivity contribution in [1.82, 2.24) is 20.2 Å². The number of amides is 2. The Labute approximate surface area is 135 Å². The summed E-state index contributed by atoms with van der Waals surface area (Å²) >= 11 is 0. The summed E-state index contributed by atoms with van der Waals surface area (Å²) < 4.78 is 45.7. The zero-order valence-electron chi connectivity index (χ0n) is 12.1. The molecular formula is C12H12N4O7S. The first kappa shape index (κ1) is 15.1. The molecule has 2 aliphatic rings. The average molecular weight is 356 g/mol. The Kier molecular flexibility index (Phi) is 3.33. The van der Waals surface area contributed by atoms with Crippen LogP contribution in [0.2, 0.25) is 0 Å². The summed E-state index contributed by atoms with van der Waals surface area (Å²) in [7, 11) is -4.77. The number of rotatable bonds is 4. The van der Waals surface area contributed by atoms with Gasteiger partial charge in [0.15, 0.2) is 5.76 Å². The molecule has 1 N–H and O–H groups in total. The van der Waals surface area contributed by atoms with Gasteiger partial charge >= 0.3 is 16.4 Å². The van der Waals surface area contributed by atoms with Crippen molar-refractivity contribution in [2.45, 2.75) is 24.9 Å². The summed E-state index contributed by atoms with van der Waals surface area (Å²) in [6.07, 6.45) is 2.42. The minimum atomic E-state index is -4.77. The van der Waals surface area contributed by atoms with Crippen LogP contribution in [0.4, 0.5) is 4.79 Å². The van der Waals surface area contributed by atoms with Gasteiger partial charge in [-0.2, -0.15) is 13.5 Å². The van der Waals surface area contributed by atoms with Gasteiger partial charge in [-0.1, -0.05) is 0 Å². The summed E-state index contributed by atoms with van der Waals surface area (Å²) in [4.78, 5) is 13.7. The largest absolute Gasteiger partial charge is 0.459 e. The molecule has 0 saturated carbocycles. The van der Waals surface area contributed by atoms with E-state index < -0.39 is 28.5 Å². The third-order valence-corrected chi connectivity index (χ3v) is 4.30. The zero-order valence-corrected chi connectivity index (χ0v) is 12.9. The number of carbonyl (C=O) groups is 1. The van der Waals surface area contributed by atoms with Crippen molar-refractivity contribution in [3.63, 3.8) is 0 Å². The van der Waals surface area contributed by atoms with Crippen LogP contribution in [0, 0.1) is 0 Å². The van der Waals surface area contributed by atoms with E-state index in [1.807, 2.05) is 0 Å². The van der Waals surface area contributed by atoms with E-state index in [1.54, 1.807) is 12.1 Å². The molecule has 0 aliphatic carbocycles. The molecule has 2 saturated heterocycles. The van der Waals surface area contributed by atoms with Gasteiger partial charge < -0.3 is 13.7 Å². The molecule has 2 aliphatic heterocycles. The maximum Gasteiger partial charge on any atom is 0.418 e. The van der Waals surface area contributed by atoms with Gasteiger partial charge in [-0.05, 0) is 25.0 Å². The Morgan fingerprint density at radius 3 is 2.88 bits per heavy atom. The number of hydroxylamine groups is 2. The highest BCUT2D eigenvalue weighted by Gasteiger charge is 2.49. The molecule has 0 unspecified atom stereocenters. The number of urea groups is 1. The minimum absolute atomic E-state index is 0.190. The number of aromatic nitrogens is 2. The molecule has 24 heavy (non-hydrogen) atoms. The first-order valence-corrected chi connectivity index (χ1v) is 8.43. The number of carbonyl (C=O) groups excluding carboxylic acids is 1. The van der Waals surface area contributed by atoms with Crippen molar-refractivity contribution < 1.29 is 30.9 Å². The van der Waals surface area contributed by atoms with Gasteiger partial charge in [0.1, 0.15) is 6.04 Å². The summed E-state index contributed by atoms with van der Waals surface area (Å²) in [5.41, 5.74) is 0. The predicted octanol–water partition coefficient (Wildman–Crippen LogP) is 1.01. The normalized spacial score (nSPS) is 24.0. The molecular weight excluding hydrogens is 344 g/mol. The Morgan fingerprint density at radius 1 is 1.33 bits per heavy atom. The number of furan rings is 1. The van der Waals surface area contributed by atoms with Crippen LogP contribution in [-0.2, 0) is 14.7 Å². The molecule has 2 amide bonds. The molecule has 4 heterocycles. The van der Waals surface area contributed by atoms with Gasteiger partial charge in [0, 0.05) is 6.54 Å². The van der Waals surface area contributed by atoms with E-state index in [4.69, 9.17) is 13.4 Å². The van der Waals surface area contributed by atoms with Crippen LogP contribution in [-0.4, -0.2) is 51.7 Å². The predicted molar refractivity (Wildman–Crippen MR) is 74.3 cm³/mol. The van der Waals surface area contributed by atoms with Crippen molar-refractivity contribution in [2.24, 2.45) is 0 Å². The Hall–Kier alpha value is -2.44. The number of hydrogen-bond acceptors (Lipinski definition) is 8. The van der Waals surface area contributed by atoms with Crippen molar-refractivity contribution in [3.05, 3.63) is 24.3 Å². The molecule has 0 spiro atoms. The van der Waals surface area contributed by atoms with Crippen molar-refractivity contribution in [2.75, 3.05) is 6.54 Å². The van der Waals surface area contributed by atoms with Gasteiger partial charge in [-0.25, -0.2) is 4.79 Å². The van der Waals surface area contributed by atoms with Gasteiger partial charge in [0.2, 0.25) is 5.89 Å². The third kappa shape index (κ3) is 2.53. The van der Waals surface area contributed by atoms with Crippen LogP contribution in [0.15, 0.2) is 27.2 Å². The van der Waals surface area contributed by atoms with Crippen LogP contribution in [0.1, 0.15) is 24.8 Å². The van der Waals surface area contributed by atoms with E-state index in [1.165, 1.54) is 11.2 Å². The summed E-state index contributed by atoms with van der Waals surface area (Å²) in [5.74, 6) is 0.822. The van der Waals surface area contributed by atoms with Gasteiger partial charge in [-0.3, -0.25) is 4.55 Å². The van der Waals surface area contributed by atoms with E-state index in [0.717, 1.165) is 0 Å². The molecule has 12 heteroatoms. The summed E-state index contributed by atoms with van der Waals surface area (Å²) in [6, 6.07) is 1.69. The van der Waals surface area contributed by atoms with Crippen molar-refractivity contribution >= 4 is 16.4 Å². The maximum absolute atomic E-state index is 12.3. The lowest BCUT2D eigenvalue weighted by Crippen LogP contribution is -2.35. The van der Waals surface area contributed by atoms with Crippen LogP contribution in [0.5, 0.6) is 0 Å². The first-order chi connectivity index (χ1) is 11.4. The van der Waals surface area contributed by atoms with Crippen molar-refractivity contribution in [3.8, 4) is 11.7 Å². The molecule has 2 aromatic rings. The number of piperidine rings is 1. The second-order valence-electron chi connectivity index (χ2n) is 5.43. The highest BCUT2D eigenvalue weighted by atomic mass is 32.3. The summed E-state index contributed by atoms with van der Waals surface area (Å²) in [6.45, 7) is 0.234. The van der Waals surface area contributed by atoms with E-state index in [-0.39, 0.29) is 18.3 Å². The topological polar surface area (TPSA) is 139 Å². The number of fused-ring (bicyclic) bond motifs is 2. The summed E-state index contributed by atoms with van der Waals surface area (Å²) in [5, 5.41) is 8.51. The van der Waals surface area contributed by atoms with E-state index >= 15 is 0 Å². The minimum Gasteiger partial charge on any atom is -0.459 e. The van der Waals surface area contributed by atoms with Gasteiger partial charge in [-0.15, -0.1) is 14.5 Å². The monoisotopic (exact) mass is 356 g/mol. The Bertz CT molecular complexity index is 862. The molecule has 2 aromatic heterocycles. The van der Waals surface area contributed by atoms with Crippen LogP contribution < -0.4 is 0 Å². The average Bonchev–Trinajstić information content (AvgIpc) is 3.24. The SMILES string of the molecule is O=C1N2C[C@H](CC[C@@H]2c2nnc(-c3ccco3)o2)N1OS(=O)(=O)O. The molecule has 0 aromatic carbocycles. The molecule has 4 rings (SSSR count). The third-order valence-electron chi connectivity index (χ3n) is 3.96. The van der Waals surface area contributed by atoms with Crippen molar-refractivity contribution in [1.29, 1.82) is 0 Å². The second-order valence-corrected chi connectivity index (χ2v) is 6.44. The molecule has 2 fully saturated rings. The molecule has 2 bridgehead atoms. The number of nitrogens with zero attached hydrogens (tertiary/aromatic N) is 4. The fraction of sp³-hybridized carbons (Fsp3) is 0.417. The van der Waals surface area contributed by atoms with E-state index in [9.17, 15) is 13.2 Å². The van der Waals surface area contributed by atoms with Crippen LogP contribution >= 0.6 is 0 Å². The highest BCUT2D eigenvalue weighted by Crippen LogP contribution is 2.38. The van der Waals surface area contributed by atoms with Gasteiger partial charge in [0.05, 0.1) is 12.3 Å². The van der Waals surface area contributed by atoms with E-state index in [2.05, 4.69) is 14.5 Å². The lowest BCUT2D eigenvalue weighted by molar-refractivity contribution is -0.0317. The molecule has 2 atom stereocenters. The first-order valence-electron chi connectivity index (χ1n) is 7.06. The van der Waals surface area contributed by atoms with Crippen LogP contribution in [0.3, 0.4) is 0 Å². The Balaban J connectivity index is 1.58. The zero-order chi connectivity index (χ0) is 16.9. The fourth-order valence-electron chi connectivity index (χ4n) is 2.96. The molecule has 0 radical (unpaired) electrons. The number of hydrogen-bond donors (Lipinski definition) is 1. The fourth-order valence-corrected chi connectivity index (χ4v) is 3.35. The lowest BCUT2D eigenvalue weighted by atomic mass is 10.0.